The van der Waals surface area contributed by atoms with Gasteiger partial charge in [-0.2, -0.15) is 0 Å². The van der Waals surface area contributed by atoms with Gasteiger partial charge in [0.15, 0.2) is 0 Å². The summed E-state index contributed by atoms with van der Waals surface area (Å²) in [6.07, 6.45) is 1.70. The summed E-state index contributed by atoms with van der Waals surface area (Å²) < 4.78 is 0. The Hall–Kier alpha value is -2.17. The van der Waals surface area contributed by atoms with Crippen LogP contribution in [0.3, 0.4) is 0 Å². The van der Waals surface area contributed by atoms with E-state index >= 15 is 0 Å². The number of likely N-dealkylation sites (N-methyl/N-ethyl adjacent to an activating group) is 1. The molecule has 0 fully saturated rings. The molecule has 2 rings (SSSR count). The second-order valence-electron chi connectivity index (χ2n) is 3.85. The molecular weight excluding hydrogens is 218 g/mol. The number of benzene rings is 1. The molecule has 0 spiro atoms. The molecule has 2 aromatic rings. The molecule has 0 aliphatic carbocycles. The number of carboxylic acids is 1. The first kappa shape index (κ1) is 11.3. The highest BCUT2D eigenvalue weighted by molar-refractivity contribution is 5.80. The van der Waals surface area contributed by atoms with Crippen molar-refractivity contribution in [3.05, 3.63) is 30.5 Å². The largest absolute Gasteiger partial charge is 0.480 e. The van der Waals surface area contributed by atoms with Crippen molar-refractivity contribution in [3.8, 4) is 0 Å². The molecule has 1 unspecified atom stereocenters. The molecule has 1 atom stereocenters. The van der Waals surface area contributed by atoms with Gasteiger partial charge < -0.3 is 10.0 Å². The lowest BCUT2D eigenvalue weighted by molar-refractivity contribution is -0.138. The van der Waals surface area contributed by atoms with Crippen molar-refractivity contribution in [2.75, 3.05) is 11.9 Å². The number of carboxylic acid groups (broad SMARTS) is 1. The maximum absolute atomic E-state index is 10.9. The van der Waals surface area contributed by atoms with E-state index in [4.69, 9.17) is 5.11 Å². The standard InChI is InChI=1S/C12H13N3O2/c1-8(11(16)17)15(2)12-13-7-9-5-3-4-6-10(9)14-12/h3-8H,1-2H3,(H,16,17). The highest BCUT2D eigenvalue weighted by Crippen LogP contribution is 2.15. The minimum Gasteiger partial charge on any atom is -0.480 e. The summed E-state index contributed by atoms with van der Waals surface area (Å²) in [5, 5.41) is 9.87. The first-order valence-electron chi connectivity index (χ1n) is 5.27. The van der Waals surface area contributed by atoms with E-state index in [1.807, 2.05) is 24.3 Å². The van der Waals surface area contributed by atoms with Gasteiger partial charge in [0.2, 0.25) is 5.95 Å². The second-order valence-corrected chi connectivity index (χ2v) is 3.85. The van der Waals surface area contributed by atoms with Gasteiger partial charge in [-0.3, -0.25) is 0 Å². The number of carbonyl (C=O) groups is 1. The number of anilines is 1. The molecular formula is C12H13N3O2. The predicted molar refractivity (Wildman–Crippen MR) is 65.0 cm³/mol. The van der Waals surface area contributed by atoms with Crippen LogP contribution >= 0.6 is 0 Å². The molecule has 1 aromatic carbocycles. The van der Waals surface area contributed by atoms with E-state index in [2.05, 4.69) is 9.97 Å². The van der Waals surface area contributed by atoms with E-state index in [-0.39, 0.29) is 0 Å². The van der Waals surface area contributed by atoms with Crippen molar-refractivity contribution >= 4 is 22.8 Å². The Kier molecular flexibility index (Phi) is 2.91. The van der Waals surface area contributed by atoms with Crippen LogP contribution in [0.1, 0.15) is 6.92 Å². The number of nitrogens with zero attached hydrogens (tertiary/aromatic N) is 3. The number of fused-ring (bicyclic) bond motifs is 1. The monoisotopic (exact) mass is 231 g/mol. The number of aliphatic carboxylic acids is 1. The van der Waals surface area contributed by atoms with Gasteiger partial charge in [-0.05, 0) is 13.0 Å². The van der Waals surface area contributed by atoms with Gasteiger partial charge in [-0.25, -0.2) is 14.8 Å². The summed E-state index contributed by atoms with van der Waals surface area (Å²) in [4.78, 5) is 20.9. The van der Waals surface area contributed by atoms with Crippen LogP contribution in [0.5, 0.6) is 0 Å². The quantitative estimate of drug-likeness (QED) is 0.867. The lowest BCUT2D eigenvalue weighted by Gasteiger charge is -2.21. The normalized spacial score (nSPS) is 12.4. The summed E-state index contributed by atoms with van der Waals surface area (Å²) >= 11 is 0. The van der Waals surface area contributed by atoms with Crippen LogP contribution in [0.2, 0.25) is 0 Å². The summed E-state index contributed by atoms with van der Waals surface area (Å²) in [6.45, 7) is 1.60. The molecule has 1 heterocycles. The fourth-order valence-corrected chi connectivity index (χ4v) is 1.47. The van der Waals surface area contributed by atoms with E-state index in [0.717, 1.165) is 10.9 Å². The third-order valence-electron chi connectivity index (χ3n) is 2.73. The van der Waals surface area contributed by atoms with Crippen molar-refractivity contribution in [2.45, 2.75) is 13.0 Å². The van der Waals surface area contributed by atoms with Gasteiger partial charge >= 0.3 is 5.97 Å². The summed E-state index contributed by atoms with van der Waals surface area (Å²) in [6, 6.07) is 6.94. The second kappa shape index (κ2) is 4.37. The first-order valence-corrected chi connectivity index (χ1v) is 5.27. The fourth-order valence-electron chi connectivity index (χ4n) is 1.47. The Labute approximate surface area is 98.7 Å². The molecule has 88 valence electrons. The topological polar surface area (TPSA) is 66.3 Å². The molecule has 0 saturated carbocycles. The lowest BCUT2D eigenvalue weighted by Crippen LogP contribution is -2.36. The Morgan fingerprint density at radius 1 is 1.41 bits per heavy atom. The fraction of sp³-hybridized carbons (Fsp3) is 0.250. The zero-order valence-electron chi connectivity index (χ0n) is 9.66. The Morgan fingerprint density at radius 3 is 2.82 bits per heavy atom. The number of aromatic nitrogens is 2. The van der Waals surface area contributed by atoms with E-state index in [1.165, 1.54) is 4.90 Å². The Morgan fingerprint density at radius 2 is 2.12 bits per heavy atom. The zero-order valence-corrected chi connectivity index (χ0v) is 9.66. The molecule has 5 nitrogen and oxygen atoms in total. The summed E-state index contributed by atoms with van der Waals surface area (Å²) in [5.74, 6) is -0.483. The minimum atomic E-state index is -0.899. The van der Waals surface area contributed by atoms with Crippen LogP contribution in [-0.2, 0) is 4.79 Å². The van der Waals surface area contributed by atoms with Gasteiger partial charge in [0, 0.05) is 18.6 Å². The van der Waals surface area contributed by atoms with Crippen molar-refractivity contribution in [1.29, 1.82) is 0 Å². The SMILES string of the molecule is CC(C(=O)O)N(C)c1ncc2ccccc2n1. The Balaban J connectivity index is 2.39. The number of rotatable bonds is 3. The third-order valence-corrected chi connectivity index (χ3v) is 2.73. The molecule has 0 saturated heterocycles. The Bertz CT molecular complexity index is 556. The van der Waals surface area contributed by atoms with Crippen LogP contribution < -0.4 is 4.90 Å². The molecule has 5 heteroatoms. The average molecular weight is 231 g/mol. The van der Waals surface area contributed by atoms with Crippen molar-refractivity contribution in [2.24, 2.45) is 0 Å². The van der Waals surface area contributed by atoms with Gasteiger partial charge in [-0.1, -0.05) is 18.2 Å². The van der Waals surface area contributed by atoms with Gasteiger partial charge in [0.25, 0.3) is 0 Å². The molecule has 17 heavy (non-hydrogen) atoms. The zero-order chi connectivity index (χ0) is 12.4. The van der Waals surface area contributed by atoms with Crippen molar-refractivity contribution in [3.63, 3.8) is 0 Å². The van der Waals surface area contributed by atoms with Crippen LogP contribution in [-0.4, -0.2) is 34.1 Å². The van der Waals surface area contributed by atoms with Crippen LogP contribution in [0.4, 0.5) is 5.95 Å². The van der Waals surface area contributed by atoms with Gasteiger partial charge in [0.05, 0.1) is 5.52 Å². The number of hydrogen-bond acceptors (Lipinski definition) is 4. The number of hydrogen-bond donors (Lipinski definition) is 1. The average Bonchev–Trinajstić information content (AvgIpc) is 2.36. The summed E-state index contributed by atoms with van der Waals surface area (Å²) in [7, 11) is 1.67. The molecule has 0 aliphatic rings. The van der Waals surface area contributed by atoms with E-state index in [1.54, 1.807) is 20.2 Å². The highest BCUT2D eigenvalue weighted by Gasteiger charge is 2.19. The van der Waals surface area contributed by atoms with E-state index in [0.29, 0.717) is 5.95 Å². The molecule has 0 aliphatic heterocycles. The van der Waals surface area contributed by atoms with Crippen LogP contribution in [0.15, 0.2) is 30.5 Å². The minimum absolute atomic E-state index is 0.415. The molecule has 0 bridgehead atoms. The highest BCUT2D eigenvalue weighted by atomic mass is 16.4. The first-order chi connectivity index (χ1) is 8.09. The molecule has 1 aromatic heterocycles. The van der Waals surface area contributed by atoms with Crippen LogP contribution in [0.25, 0.3) is 10.9 Å². The van der Waals surface area contributed by atoms with Crippen molar-refractivity contribution < 1.29 is 9.90 Å². The lowest BCUT2D eigenvalue weighted by atomic mass is 10.2. The third kappa shape index (κ3) is 2.18. The maximum atomic E-state index is 10.9. The van der Waals surface area contributed by atoms with Gasteiger partial charge in [0.1, 0.15) is 6.04 Å². The van der Waals surface area contributed by atoms with E-state index in [9.17, 15) is 4.79 Å². The summed E-state index contributed by atoms with van der Waals surface area (Å²) in [5.41, 5.74) is 0.807. The molecule has 0 radical (unpaired) electrons. The smallest absolute Gasteiger partial charge is 0.326 e. The predicted octanol–water partition coefficient (Wildman–Crippen LogP) is 1.54. The number of para-hydroxylation sites is 1. The maximum Gasteiger partial charge on any atom is 0.326 e. The molecule has 1 N–H and O–H groups in total. The van der Waals surface area contributed by atoms with Crippen molar-refractivity contribution in [1.82, 2.24) is 9.97 Å². The van der Waals surface area contributed by atoms with Gasteiger partial charge in [-0.15, -0.1) is 0 Å². The molecule has 0 amide bonds. The van der Waals surface area contributed by atoms with E-state index < -0.39 is 12.0 Å². The van der Waals surface area contributed by atoms with Crippen LogP contribution in [0, 0.1) is 0 Å².